The van der Waals surface area contributed by atoms with Crippen LogP contribution in [0.4, 0.5) is 10.1 Å². The molecule has 9 heteroatoms. The first kappa shape index (κ1) is 27.4. The summed E-state index contributed by atoms with van der Waals surface area (Å²) in [5, 5.41) is 6.13. The number of carbonyl (C=O) groups excluding carboxylic acids is 3. The first-order chi connectivity index (χ1) is 19.7. The number of ether oxygens (including phenoxy) is 2. The molecule has 6 rings (SSSR count). The van der Waals surface area contributed by atoms with Gasteiger partial charge in [-0.05, 0) is 48.6 Å². The number of nitrogens with zero attached hydrogens (tertiary/aromatic N) is 1. The van der Waals surface area contributed by atoms with E-state index in [1.165, 1.54) is 11.0 Å². The average molecular weight is 562 g/mol. The van der Waals surface area contributed by atoms with Crippen LogP contribution in [0.25, 0.3) is 0 Å². The van der Waals surface area contributed by atoms with E-state index in [0.29, 0.717) is 22.9 Å². The van der Waals surface area contributed by atoms with Gasteiger partial charge >= 0.3 is 0 Å². The van der Waals surface area contributed by atoms with Crippen LogP contribution in [0.2, 0.25) is 0 Å². The van der Waals surface area contributed by atoms with Gasteiger partial charge in [0.25, 0.3) is 0 Å². The van der Waals surface area contributed by atoms with Crippen LogP contribution in [-0.2, 0) is 25.7 Å². The lowest BCUT2D eigenvalue weighted by Crippen LogP contribution is -2.57. The number of likely N-dealkylation sites (tertiary alicyclic amines) is 1. The molecular weight excluding hydrogens is 525 g/mol. The Bertz CT molecular complexity index is 1380. The van der Waals surface area contributed by atoms with Gasteiger partial charge in [0.2, 0.25) is 17.7 Å². The van der Waals surface area contributed by atoms with Crippen LogP contribution >= 0.6 is 0 Å². The molecule has 2 N–H and O–H groups in total. The largest absolute Gasteiger partial charge is 0.497 e. The van der Waals surface area contributed by atoms with E-state index in [9.17, 15) is 18.8 Å². The Hall–Kier alpha value is -3.72. The number of rotatable bonds is 7. The first-order valence-electron chi connectivity index (χ1n) is 14.4. The summed E-state index contributed by atoms with van der Waals surface area (Å²) in [6.45, 7) is 4.23. The standard InChI is InChI=1S/C32H36FN3O5/c1-18-7-6-10-24(19(18)2)35-30(38)28-32-16-15-25(41-32)26(29(37)34-21-11-13-22(40-3)14-12-21)27(32)31(39)36(28)17-20-8-4-5-9-23(20)33/h4-5,8-9,11-16,18-19,24-28H,6-7,10,17H2,1-3H3,(H,34,37)(H,35,38)/t18-,19-,24-,25+,26-,27+,28+,32+/m1/s1. The van der Waals surface area contributed by atoms with Crippen LogP contribution in [0, 0.1) is 29.5 Å². The predicted molar refractivity (Wildman–Crippen MR) is 150 cm³/mol. The second kappa shape index (κ2) is 10.6. The third kappa shape index (κ3) is 4.60. The fraction of sp³-hybridized carbons (Fsp3) is 0.469. The average Bonchev–Trinajstić information content (AvgIpc) is 3.60. The fourth-order valence-corrected chi connectivity index (χ4v) is 7.20. The maximum atomic E-state index is 14.8. The molecule has 2 aromatic carbocycles. The maximum absolute atomic E-state index is 14.8. The molecule has 216 valence electrons. The third-order valence-electron chi connectivity index (χ3n) is 9.62. The van der Waals surface area contributed by atoms with E-state index in [-0.39, 0.29) is 36.2 Å². The zero-order chi connectivity index (χ0) is 28.9. The lowest BCUT2D eigenvalue weighted by atomic mass is 9.73. The molecule has 3 fully saturated rings. The molecule has 3 amide bonds. The summed E-state index contributed by atoms with van der Waals surface area (Å²) in [7, 11) is 1.56. The molecule has 2 aromatic rings. The molecule has 0 unspecified atom stereocenters. The van der Waals surface area contributed by atoms with Crippen molar-refractivity contribution in [2.45, 2.75) is 63.4 Å². The Morgan fingerprint density at radius 3 is 2.59 bits per heavy atom. The zero-order valence-corrected chi connectivity index (χ0v) is 23.5. The first-order valence-corrected chi connectivity index (χ1v) is 14.4. The van der Waals surface area contributed by atoms with Crippen LogP contribution in [0.15, 0.2) is 60.7 Å². The summed E-state index contributed by atoms with van der Waals surface area (Å²) in [5.74, 6) is -1.92. The molecule has 0 radical (unpaired) electrons. The molecule has 3 heterocycles. The summed E-state index contributed by atoms with van der Waals surface area (Å²) in [6, 6.07) is 12.1. The molecule has 0 aromatic heterocycles. The molecule has 1 aliphatic carbocycles. The third-order valence-corrected chi connectivity index (χ3v) is 9.62. The number of fused-ring (bicyclic) bond motifs is 1. The number of halogens is 1. The van der Waals surface area contributed by atoms with Crippen LogP contribution in [-0.4, -0.2) is 53.5 Å². The zero-order valence-electron chi connectivity index (χ0n) is 23.5. The Morgan fingerprint density at radius 2 is 1.85 bits per heavy atom. The second-order valence-electron chi connectivity index (χ2n) is 11.9. The number of anilines is 1. The topological polar surface area (TPSA) is 97.0 Å². The monoisotopic (exact) mass is 561 g/mol. The predicted octanol–water partition coefficient (Wildman–Crippen LogP) is 4.06. The van der Waals surface area contributed by atoms with Gasteiger partial charge in [-0.25, -0.2) is 4.39 Å². The van der Waals surface area contributed by atoms with E-state index in [0.717, 1.165) is 19.3 Å². The van der Waals surface area contributed by atoms with Crippen molar-refractivity contribution in [2.24, 2.45) is 23.7 Å². The van der Waals surface area contributed by atoms with Gasteiger partial charge in [0.1, 0.15) is 23.2 Å². The number of nitrogens with one attached hydrogen (secondary N) is 2. The van der Waals surface area contributed by atoms with E-state index in [2.05, 4.69) is 24.5 Å². The number of hydrogen-bond donors (Lipinski definition) is 2. The van der Waals surface area contributed by atoms with Crippen molar-refractivity contribution >= 4 is 23.4 Å². The number of amides is 3. The summed E-state index contributed by atoms with van der Waals surface area (Å²) >= 11 is 0. The highest BCUT2D eigenvalue weighted by Crippen LogP contribution is 2.55. The van der Waals surface area contributed by atoms with Crippen molar-refractivity contribution in [2.75, 3.05) is 12.4 Å². The lowest BCUT2D eigenvalue weighted by molar-refractivity contribution is -0.142. The van der Waals surface area contributed by atoms with Gasteiger partial charge in [0, 0.05) is 23.8 Å². The lowest BCUT2D eigenvalue weighted by Gasteiger charge is -2.38. The van der Waals surface area contributed by atoms with Gasteiger partial charge in [-0.2, -0.15) is 0 Å². The SMILES string of the molecule is COc1ccc(NC(=O)[C@@H]2[C@@H]3C=C[C@]4(O3)[C@@H]2C(=O)N(Cc2ccccc2F)[C@H]4C(=O)N[C@@H]2CCC[C@@H](C)[C@H]2C)cc1. The molecule has 3 aliphatic heterocycles. The molecule has 41 heavy (non-hydrogen) atoms. The normalized spacial score (nSPS) is 33.5. The Labute approximate surface area is 239 Å². The molecule has 1 spiro atoms. The van der Waals surface area contributed by atoms with Crippen molar-refractivity contribution in [3.63, 3.8) is 0 Å². The minimum Gasteiger partial charge on any atom is -0.497 e. The minimum atomic E-state index is -1.32. The van der Waals surface area contributed by atoms with Crippen molar-refractivity contribution in [1.29, 1.82) is 0 Å². The Kier molecular flexibility index (Phi) is 7.09. The molecule has 8 atom stereocenters. The number of hydrogen-bond acceptors (Lipinski definition) is 5. The summed E-state index contributed by atoms with van der Waals surface area (Å²) < 4.78 is 26.4. The van der Waals surface area contributed by atoms with Gasteiger partial charge in [0.15, 0.2) is 0 Å². The molecule has 1 saturated carbocycles. The molecule has 4 aliphatic rings. The highest BCUT2D eigenvalue weighted by Gasteiger charge is 2.72. The molecule has 2 bridgehead atoms. The van der Waals surface area contributed by atoms with Crippen molar-refractivity contribution in [1.82, 2.24) is 10.2 Å². The van der Waals surface area contributed by atoms with Crippen LogP contribution in [0.3, 0.4) is 0 Å². The van der Waals surface area contributed by atoms with E-state index in [4.69, 9.17) is 9.47 Å². The quantitative estimate of drug-likeness (QED) is 0.497. The van der Waals surface area contributed by atoms with E-state index in [1.54, 1.807) is 61.7 Å². The van der Waals surface area contributed by atoms with Crippen molar-refractivity contribution in [3.05, 3.63) is 72.1 Å². The Morgan fingerprint density at radius 1 is 1.10 bits per heavy atom. The maximum Gasteiger partial charge on any atom is 0.246 e. The van der Waals surface area contributed by atoms with Gasteiger partial charge in [-0.1, -0.05) is 57.0 Å². The summed E-state index contributed by atoms with van der Waals surface area (Å²) in [5.41, 5.74) is -0.463. The number of carbonyl (C=O) groups is 3. The number of benzene rings is 2. The van der Waals surface area contributed by atoms with Crippen molar-refractivity contribution in [3.8, 4) is 5.75 Å². The van der Waals surface area contributed by atoms with Gasteiger partial charge in [-0.3, -0.25) is 14.4 Å². The summed E-state index contributed by atoms with van der Waals surface area (Å²) in [6.07, 6.45) is 5.88. The molecular formula is C32H36FN3O5. The van der Waals surface area contributed by atoms with E-state index < -0.39 is 35.4 Å². The van der Waals surface area contributed by atoms with Crippen LogP contribution in [0.1, 0.15) is 38.7 Å². The van der Waals surface area contributed by atoms with E-state index in [1.807, 2.05) is 0 Å². The fourth-order valence-electron chi connectivity index (χ4n) is 7.20. The highest BCUT2D eigenvalue weighted by molar-refractivity contribution is 6.02. The summed E-state index contributed by atoms with van der Waals surface area (Å²) in [4.78, 5) is 43.4. The van der Waals surface area contributed by atoms with Gasteiger partial charge in [0.05, 0.1) is 25.0 Å². The van der Waals surface area contributed by atoms with E-state index >= 15 is 0 Å². The number of methoxy groups -OCH3 is 1. The minimum absolute atomic E-state index is 0.0381. The van der Waals surface area contributed by atoms with Gasteiger partial charge in [-0.15, -0.1) is 0 Å². The van der Waals surface area contributed by atoms with Crippen LogP contribution in [0.5, 0.6) is 5.75 Å². The highest BCUT2D eigenvalue weighted by atomic mass is 19.1. The second-order valence-corrected chi connectivity index (χ2v) is 11.9. The smallest absolute Gasteiger partial charge is 0.246 e. The molecule has 2 saturated heterocycles. The van der Waals surface area contributed by atoms with Crippen LogP contribution < -0.4 is 15.4 Å². The Balaban J connectivity index is 1.32. The van der Waals surface area contributed by atoms with Crippen molar-refractivity contribution < 1.29 is 28.2 Å². The molecule has 8 nitrogen and oxygen atoms in total. The van der Waals surface area contributed by atoms with Gasteiger partial charge < -0.3 is 25.0 Å².